The van der Waals surface area contributed by atoms with Crippen molar-refractivity contribution in [3.8, 4) is 5.75 Å². The molecule has 2 amide bonds. The van der Waals surface area contributed by atoms with Crippen LogP contribution in [-0.4, -0.2) is 48.4 Å². The SMILES string of the molecule is CN(Cc1ccccc1)C(=O)C[C@@]1(COc2ccccc2)CCCN(C(=O)c2ccc(Cl)cc2)C1. The van der Waals surface area contributed by atoms with E-state index in [-0.39, 0.29) is 11.8 Å². The van der Waals surface area contributed by atoms with Crippen molar-refractivity contribution >= 4 is 23.4 Å². The Morgan fingerprint density at radius 2 is 1.63 bits per heavy atom. The van der Waals surface area contributed by atoms with E-state index in [0.29, 0.717) is 43.2 Å². The van der Waals surface area contributed by atoms with Crippen LogP contribution in [0.2, 0.25) is 5.02 Å². The van der Waals surface area contributed by atoms with Gasteiger partial charge in [0.05, 0.1) is 6.61 Å². The maximum absolute atomic E-state index is 13.4. The molecule has 0 N–H and O–H groups in total. The number of halogens is 1. The highest BCUT2D eigenvalue weighted by molar-refractivity contribution is 6.30. The van der Waals surface area contributed by atoms with Gasteiger partial charge in [-0.25, -0.2) is 0 Å². The van der Waals surface area contributed by atoms with E-state index in [2.05, 4.69) is 0 Å². The summed E-state index contributed by atoms with van der Waals surface area (Å²) >= 11 is 6.01. The number of rotatable bonds is 8. The van der Waals surface area contributed by atoms with E-state index in [4.69, 9.17) is 16.3 Å². The molecule has 0 aliphatic carbocycles. The van der Waals surface area contributed by atoms with Crippen LogP contribution in [0.15, 0.2) is 84.9 Å². The molecule has 35 heavy (non-hydrogen) atoms. The summed E-state index contributed by atoms with van der Waals surface area (Å²) in [6, 6.07) is 26.5. The number of likely N-dealkylation sites (tertiary alicyclic amines) is 1. The number of benzene rings is 3. The molecule has 3 aromatic rings. The van der Waals surface area contributed by atoms with Crippen LogP contribution < -0.4 is 4.74 Å². The number of hydrogen-bond donors (Lipinski definition) is 0. The molecular weight excluding hydrogens is 460 g/mol. The standard InChI is InChI=1S/C29H31ClN2O3/c1-31(20-23-9-4-2-5-10-23)27(33)19-29(22-35-26-11-6-3-7-12-26)17-8-18-32(21-29)28(34)24-13-15-25(30)16-14-24/h2-7,9-16H,8,17-22H2,1H3/t29-/m0/s1. The number of carbonyl (C=O) groups is 2. The summed E-state index contributed by atoms with van der Waals surface area (Å²) in [7, 11) is 1.83. The number of ether oxygens (including phenoxy) is 1. The molecule has 4 rings (SSSR count). The van der Waals surface area contributed by atoms with E-state index in [0.717, 1.165) is 24.2 Å². The summed E-state index contributed by atoms with van der Waals surface area (Å²) in [5.74, 6) is 0.764. The number of hydrogen-bond acceptors (Lipinski definition) is 3. The van der Waals surface area contributed by atoms with Crippen LogP contribution >= 0.6 is 11.6 Å². The fraction of sp³-hybridized carbons (Fsp3) is 0.310. The Bertz CT molecular complexity index is 1120. The molecule has 182 valence electrons. The van der Waals surface area contributed by atoms with Gasteiger partial charge >= 0.3 is 0 Å². The van der Waals surface area contributed by atoms with Crippen LogP contribution in [0.5, 0.6) is 5.75 Å². The first-order valence-electron chi connectivity index (χ1n) is 11.9. The van der Waals surface area contributed by atoms with Crippen LogP contribution in [0.4, 0.5) is 0 Å². The molecule has 1 aliphatic rings. The van der Waals surface area contributed by atoms with E-state index in [1.807, 2.05) is 72.6 Å². The first-order valence-corrected chi connectivity index (χ1v) is 12.3. The predicted molar refractivity (Wildman–Crippen MR) is 138 cm³/mol. The molecular formula is C29H31ClN2O3. The monoisotopic (exact) mass is 490 g/mol. The summed E-state index contributed by atoms with van der Waals surface area (Å²) in [4.78, 5) is 30.3. The van der Waals surface area contributed by atoms with E-state index < -0.39 is 5.41 Å². The van der Waals surface area contributed by atoms with Crippen LogP contribution in [0.1, 0.15) is 35.2 Å². The van der Waals surface area contributed by atoms with Gasteiger partial charge in [-0.2, -0.15) is 0 Å². The topological polar surface area (TPSA) is 49.9 Å². The highest BCUT2D eigenvalue weighted by atomic mass is 35.5. The second-order valence-electron chi connectivity index (χ2n) is 9.35. The van der Waals surface area contributed by atoms with Crippen LogP contribution in [0, 0.1) is 5.41 Å². The summed E-state index contributed by atoms with van der Waals surface area (Å²) in [6.45, 7) is 2.03. The minimum atomic E-state index is -0.474. The first-order chi connectivity index (χ1) is 16.9. The van der Waals surface area contributed by atoms with E-state index >= 15 is 0 Å². The van der Waals surface area contributed by atoms with Crippen molar-refractivity contribution in [2.24, 2.45) is 5.41 Å². The van der Waals surface area contributed by atoms with Gasteiger partial charge in [-0.3, -0.25) is 9.59 Å². The fourth-order valence-electron chi connectivity index (χ4n) is 4.62. The Morgan fingerprint density at radius 3 is 2.31 bits per heavy atom. The Balaban J connectivity index is 1.51. The lowest BCUT2D eigenvalue weighted by atomic mass is 9.77. The van der Waals surface area contributed by atoms with Crippen molar-refractivity contribution < 1.29 is 14.3 Å². The Kier molecular flexibility index (Phi) is 8.09. The van der Waals surface area contributed by atoms with Crippen molar-refractivity contribution in [3.05, 3.63) is 101 Å². The molecule has 0 spiro atoms. The van der Waals surface area contributed by atoms with Crippen molar-refractivity contribution in [3.63, 3.8) is 0 Å². The first kappa shape index (κ1) is 24.8. The molecule has 0 aromatic heterocycles. The van der Waals surface area contributed by atoms with E-state index in [9.17, 15) is 9.59 Å². The lowest BCUT2D eigenvalue weighted by molar-refractivity contribution is -0.134. The van der Waals surface area contributed by atoms with Gasteiger partial charge in [0.15, 0.2) is 0 Å². The average Bonchev–Trinajstić information content (AvgIpc) is 2.89. The molecule has 0 radical (unpaired) electrons. The summed E-state index contributed by atoms with van der Waals surface area (Å²) in [6.07, 6.45) is 1.94. The highest BCUT2D eigenvalue weighted by Gasteiger charge is 2.40. The average molecular weight is 491 g/mol. The zero-order valence-electron chi connectivity index (χ0n) is 20.0. The van der Waals surface area contributed by atoms with Gasteiger partial charge in [0.1, 0.15) is 5.75 Å². The molecule has 1 saturated heterocycles. The van der Waals surface area contributed by atoms with Crippen molar-refractivity contribution in [2.45, 2.75) is 25.8 Å². The van der Waals surface area contributed by atoms with Crippen LogP contribution in [0.3, 0.4) is 0 Å². The summed E-state index contributed by atoms with van der Waals surface area (Å²) in [5.41, 5.74) is 1.21. The molecule has 5 nitrogen and oxygen atoms in total. The molecule has 3 aromatic carbocycles. The summed E-state index contributed by atoms with van der Waals surface area (Å²) < 4.78 is 6.17. The lowest BCUT2D eigenvalue weighted by Crippen LogP contribution is -2.50. The second-order valence-corrected chi connectivity index (χ2v) is 9.79. The minimum absolute atomic E-state index is 0.0458. The lowest BCUT2D eigenvalue weighted by Gasteiger charge is -2.43. The molecule has 0 unspecified atom stereocenters. The zero-order valence-corrected chi connectivity index (χ0v) is 20.8. The maximum Gasteiger partial charge on any atom is 0.253 e. The van der Waals surface area contributed by atoms with Crippen LogP contribution in [-0.2, 0) is 11.3 Å². The van der Waals surface area contributed by atoms with Crippen LogP contribution in [0.25, 0.3) is 0 Å². The van der Waals surface area contributed by atoms with Gasteiger partial charge < -0.3 is 14.5 Å². The van der Waals surface area contributed by atoms with Crippen molar-refractivity contribution in [2.75, 3.05) is 26.7 Å². The third kappa shape index (κ3) is 6.64. The molecule has 1 heterocycles. The minimum Gasteiger partial charge on any atom is -0.493 e. The predicted octanol–water partition coefficient (Wildman–Crippen LogP) is 5.69. The Hall–Kier alpha value is -3.31. The van der Waals surface area contributed by atoms with Gasteiger partial charge in [0, 0.05) is 49.1 Å². The zero-order chi connectivity index (χ0) is 24.7. The van der Waals surface area contributed by atoms with Gasteiger partial charge in [-0.05, 0) is 54.8 Å². The van der Waals surface area contributed by atoms with E-state index in [1.54, 1.807) is 29.2 Å². The third-order valence-corrected chi connectivity index (χ3v) is 6.79. The smallest absolute Gasteiger partial charge is 0.253 e. The Labute approximate surface area is 212 Å². The maximum atomic E-state index is 13.4. The Morgan fingerprint density at radius 1 is 0.971 bits per heavy atom. The molecule has 0 bridgehead atoms. The number of amides is 2. The molecule has 1 aliphatic heterocycles. The molecule has 1 fully saturated rings. The highest BCUT2D eigenvalue weighted by Crippen LogP contribution is 2.36. The number of piperidine rings is 1. The summed E-state index contributed by atoms with van der Waals surface area (Å²) in [5, 5.41) is 0.595. The molecule has 6 heteroatoms. The number of nitrogens with zero attached hydrogens (tertiary/aromatic N) is 2. The van der Waals surface area contributed by atoms with Gasteiger partial charge in [-0.15, -0.1) is 0 Å². The largest absolute Gasteiger partial charge is 0.493 e. The van der Waals surface area contributed by atoms with Crippen molar-refractivity contribution in [1.82, 2.24) is 9.80 Å². The van der Waals surface area contributed by atoms with Crippen molar-refractivity contribution in [1.29, 1.82) is 0 Å². The quantitative estimate of drug-likeness (QED) is 0.407. The second kappa shape index (κ2) is 11.4. The van der Waals surface area contributed by atoms with Gasteiger partial charge in [-0.1, -0.05) is 60.1 Å². The number of carbonyl (C=O) groups excluding carboxylic acids is 2. The molecule has 0 saturated carbocycles. The fourth-order valence-corrected chi connectivity index (χ4v) is 4.75. The third-order valence-electron chi connectivity index (χ3n) is 6.54. The van der Waals surface area contributed by atoms with Gasteiger partial charge in [0.25, 0.3) is 5.91 Å². The number of para-hydroxylation sites is 1. The van der Waals surface area contributed by atoms with Gasteiger partial charge in [0.2, 0.25) is 5.91 Å². The van der Waals surface area contributed by atoms with E-state index in [1.165, 1.54) is 0 Å². The normalized spacial score (nSPS) is 17.6. The molecule has 1 atom stereocenters.